The van der Waals surface area contributed by atoms with Crippen molar-refractivity contribution in [3.63, 3.8) is 0 Å². The predicted octanol–water partition coefficient (Wildman–Crippen LogP) is 0.0759. The molecular weight excluding hydrogens is 478 g/mol. The first-order valence-electron chi connectivity index (χ1n) is 9.62. The third-order valence-electron chi connectivity index (χ3n) is 4.30. The van der Waals surface area contributed by atoms with Crippen molar-refractivity contribution in [2.75, 3.05) is 38.4 Å². The van der Waals surface area contributed by atoms with Crippen LogP contribution in [0.2, 0.25) is 0 Å². The summed E-state index contributed by atoms with van der Waals surface area (Å²) in [5, 5.41) is 7.58. The Morgan fingerprint density at radius 2 is 2.06 bits per heavy atom. The zero-order valence-electron chi connectivity index (χ0n) is 17.6. The zero-order chi connectivity index (χ0) is 24.0. The van der Waals surface area contributed by atoms with Crippen LogP contribution < -0.4 is 11.1 Å². The summed E-state index contributed by atoms with van der Waals surface area (Å²) in [5.74, 6) is -1.48. The van der Waals surface area contributed by atoms with Crippen molar-refractivity contribution in [3.8, 4) is 0 Å². The normalized spacial score (nSPS) is 19.6. The SMILES string of the molecule is CCOC(=O)OCCOC(=O)C1=CCS[C@H]2C(NC(=O)C(=NOC)c3csc(N)n3)C(=O)N12. The molecule has 2 aliphatic rings. The monoisotopic (exact) mass is 499 g/mol. The van der Waals surface area contributed by atoms with Crippen LogP contribution in [0, 0.1) is 0 Å². The summed E-state index contributed by atoms with van der Waals surface area (Å²) in [4.78, 5) is 59.0. The van der Waals surface area contributed by atoms with Crippen molar-refractivity contribution in [1.82, 2.24) is 15.2 Å². The number of carbonyl (C=O) groups is 4. The Bertz CT molecular complexity index is 994. The maximum absolute atomic E-state index is 12.7. The van der Waals surface area contributed by atoms with Gasteiger partial charge >= 0.3 is 12.1 Å². The molecule has 1 aromatic rings. The molecule has 2 amide bonds. The van der Waals surface area contributed by atoms with Gasteiger partial charge in [-0.05, 0) is 13.0 Å². The van der Waals surface area contributed by atoms with Crippen LogP contribution >= 0.6 is 23.1 Å². The van der Waals surface area contributed by atoms with Crippen molar-refractivity contribution in [2.45, 2.75) is 18.3 Å². The molecule has 0 spiro atoms. The summed E-state index contributed by atoms with van der Waals surface area (Å²) in [6, 6.07) is -0.885. The Morgan fingerprint density at radius 3 is 2.73 bits per heavy atom. The minimum absolute atomic E-state index is 0.0587. The fraction of sp³-hybridized carbons (Fsp3) is 0.444. The number of amides is 2. The quantitative estimate of drug-likeness (QED) is 0.155. The summed E-state index contributed by atoms with van der Waals surface area (Å²) >= 11 is 2.49. The molecule has 33 heavy (non-hydrogen) atoms. The molecule has 2 atom stereocenters. The van der Waals surface area contributed by atoms with Crippen molar-refractivity contribution in [2.24, 2.45) is 5.16 Å². The van der Waals surface area contributed by atoms with E-state index in [-0.39, 0.29) is 42.1 Å². The van der Waals surface area contributed by atoms with E-state index >= 15 is 0 Å². The number of hydrogen-bond donors (Lipinski definition) is 2. The van der Waals surface area contributed by atoms with E-state index in [0.29, 0.717) is 5.75 Å². The summed E-state index contributed by atoms with van der Waals surface area (Å²) < 4.78 is 14.4. The molecule has 2 aliphatic heterocycles. The lowest BCUT2D eigenvalue weighted by Gasteiger charge is -2.48. The van der Waals surface area contributed by atoms with Gasteiger partial charge in [0.2, 0.25) is 0 Å². The van der Waals surface area contributed by atoms with Gasteiger partial charge < -0.3 is 30.1 Å². The number of thioether (sulfide) groups is 1. The second-order valence-corrected chi connectivity index (χ2v) is 8.37. The van der Waals surface area contributed by atoms with Gasteiger partial charge in [0, 0.05) is 11.1 Å². The van der Waals surface area contributed by atoms with Crippen LogP contribution in [0.4, 0.5) is 9.93 Å². The number of nitrogens with zero attached hydrogens (tertiary/aromatic N) is 3. The van der Waals surface area contributed by atoms with Crippen LogP contribution in [0.25, 0.3) is 0 Å². The average Bonchev–Trinajstić information content (AvgIpc) is 3.23. The number of fused-ring (bicyclic) bond motifs is 1. The Balaban J connectivity index is 1.57. The Labute approximate surface area is 196 Å². The molecule has 1 aromatic heterocycles. The minimum atomic E-state index is -0.885. The van der Waals surface area contributed by atoms with E-state index in [1.807, 2.05) is 0 Å². The van der Waals surface area contributed by atoms with Crippen molar-refractivity contribution in [1.29, 1.82) is 0 Å². The molecule has 1 unspecified atom stereocenters. The van der Waals surface area contributed by atoms with E-state index in [1.165, 1.54) is 23.8 Å². The summed E-state index contributed by atoms with van der Waals surface area (Å²) in [5.41, 5.74) is 5.75. The third kappa shape index (κ3) is 5.54. The van der Waals surface area contributed by atoms with E-state index < -0.39 is 35.4 Å². The highest BCUT2D eigenvalue weighted by atomic mass is 32.2. The molecule has 1 saturated heterocycles. The lowest BCUT2D eigenvalue weighted by atomic mass is 10.0. The second kappa shape index (κ2) is 11.0. The summed E-state index contributed by atoms with van der Waals surface area (Å²) in [6.45, 7) is 1.40. The molecule has 0 radical (unpaired) electrons. The van der Waals surface area contributed by atoms with Crippen LogP contribution in [0.3, 0.4) is 0 Å². The summed E-state index contributed by atoms with van der Waals surface area (Å²) in [7, 11) is 1.27. The van der Waals surface area contributed by atoms with Gasteiger partial charge in [-0.15, -0.1) is 23.1 Å². The van der Waals surface area contributed by atoms with Crippen molar-refractivity contribution < 1.29 is 38.2 Å². The predicted molar refractivity (Wildman–Crippen MR) is 117 cm³/mol. The number of anilines is 1. The van der Waals surface area contributed by atoms with Gasteiger partial charge in [-0.1, -0.05) is 5.16 Å². The first-order valence-corrected chi connectivity index (χ1v) is 11.5. The number of oxime groups is 1. The number of carbonyl (C=O) groups excluding carboxylic acids is 4. The highest BCUT2D eigenvalue weighted by Crippen LogP contribution is 2.37. The van der Waals surface area contributed by atoms with Crippen molar-refractivity contribution >= 4 is 57.9 Å². The lowest BCUT2D eigenvalue weighted by molar-refractivity contribution is -0.152. The maximum atomic E-state index is 12.7. The second-order valence-electron chi connectivity index (χ2n) is 6.33. The zero-order valence-corrected chi connectivity index (χ0v) is 19.3. The van der Waals surface area contributed by atoms with Crippen LogP contribution in [-0.2, 0) is 33.4 Å². The van der Waals surface area contributed by atoms with E-state index in [4.69, 9.17) is 20.0 Å². The van der Waals surface area contributed by atoms with E-state index in [2.05, 4.69) is 20.2 Å². The van der Waals surface area contributed by atoms with Gasteiger partial charge in [-0.25, -0.2) is 14.6 Å². The molecule has 0 saturated carbocycles. The molecule has 15 heteroatoms. The van der Waals surface area contributed by atoms with E-state index in [0.717, 1.165) is 11.3 Å². The number of aromatic nitrogens is 1. The largest absolute Gasteiger partial charge is 0.508 e. The molecule has 13 nitrogen and oxygen atoms in total. The molecule has 1 fully saturated rings. The molecule has 178 valence electrons. The van der Waals surface area contributed by atoms with Crippen LogP contribution in [0.1, 0.15) is 12.6 Å². The van der Waals surface area contributed by atoms with E-state index in [9.17, 15) is 19.2 Å². The maximum Gasteiger partial charge on any atom is 0.508 e. The first kappa shape index (κ1) is 24.3. The standard InChI is InChI=1S/C18H21N5O8S2/c1-3-29-18(27)31-6-5-30-16(26)10-4-7-32-15-12(14(25)23(10)15)21-13(24)11(22-28-2)9-8-33-17(19)20-9/h4,8,12,15H,3,5-7H2,1-2H3,(H2,19,20)(H,21,24)/t12?,15-/m0/s1. The van der Waals surface area contributed by atoms with Crippen LogP contribution in [0.15, 0.2) is 22.3 Å². The minimum Gasteiger partial charge on any atom is -0.457 e. The third-order valence-corrected chi connectivity index (χ3v) is 6.16. The van der Waals surface area contributed by atoms with Gasteiger partial charge in [0.1, 0.15) is 43.1 Å². The van der Waals surface area contributed by atoms with E-state index in [1.54, 1.807) is 18.4 Å². The fourth-order valence-electron chi connectivity index (χ4n) is 2.92. The molecule has 0 bridgehead atoms. The Kier molecular flexibility index (Phi) is 8.11. The van der Waals surface area contributed by atoms with Crippen LogP contribution in [0.5, 0.6) is 0 Å². The van der Waals surface area contributed by atoms with Gasteiger partial charge in [0.25, 0.3) is 11.8 Å². The molecular formula is C18H21N5O8S2. The van der Waals surface area contributed by atoms with Gasteiger partial charge in [-0.2, -0.15) is 0 Å². The molecule has 0 aromatic carbocycles. The topological polar surface area (TPSA) is 172 Å². The average molecular weight is 500 g/mol. The lowest BCUT2D eigenvalue weighted by Crippen LogP contribution is -2.70. The van der Waals surface area contributed by atoms with Crippen molar-refractivity contribution in [3.05, 3.63) is 22.8 Å². The van der Waals surface area contributed by atoms with Gasteiger partial charge in [-0.3, -0.25) is 14.5 Å². The number of nitrogen functional groups attached to an aromatic ring is 1. The molecule has 3 heterocycles. The number of thiazole rings is 1. The highest BCUT2D eigenvalue weighted by Gasteiger charge is 2.53. The molecule has 0 aliphatic carbocycles. The number of β-lactam (4-membered cyclic amide) rings is 1. The number of nitrogens with one attached hydrogen (secondary N) is 1. The van der Waals surface area contributed by atoms with Gasteiger partial charge in [0.05, 0.1) is 6.61 Å². The fourth-order valence-corrected chi connectivity index (χ4v) is 4.67. The Morgan fingerprint density at radius 1 is 1.30 bits per heavy atom. The highest BCUT2D eigenvalue weighted by molar-refractivity contribution is 8.00. The number of hydrogen-bond acceptors (Lipinski definition) is 13. The number of rotatable bonds is 9. The molecule has 3 N–H and O–H groups in total. The first-order chi connectivity index (χ1) is 15.9. The molecule has 3 rings (SSSR count). The smallest absolute Gasteiger partial charge is 0.457 e. The number of ether oxygens (including phenoxy) is 3. The van der Waals surface area contributed by atoms with Gasteiger partial charge in [0.15, 0.2) is 10.8 Å². The number of nitrogens with two attached hydrogens (primary N) is 1. The Hall–Kier alpha value is -3.33. The summed E-state index contributed by atoms with van der Waals surface area (Å²) in [6.07, 6.45) is 0.691. The number of esters is 1. The van der Waals surface area contributed by atoms with Crippen LogP contribution in [-0.4, -0.2) is 83.6 Å².